The number of anilines is 2. The second kappa shape index (κ2) is 15.6. The van der Waals surface area contributed by atoms with Crippen LogP contribution in [0.25, 0.3) is 11.2 Å². The van der Waals surface area contributed by atoms with Crippen molar-refractivity contribution in [2.45, 2.75) is 70.2 Å². The first-order valence-electron chi connectivity index (χ1n) is 14.0. The van der Waals surface area contributed by atoms with Gasteiger partial charge in [-0.05, 0) is 64.3 Å². The number of nitrogens with zero attached hydrogens (tertiary/aromatic N) is 5. The van der Waals surface area contributed by atoms with Gasteiger partial charge in [0.2, 0.25) is 5.95 Å². The highest BCUT2D eigenvalue weighted by Crippen LogP contribution is 2.37. The summed E-state index contributed by atoms with van der Waals surface area (Å²) in [6.07, 6.45) is 7.95. The Bertz CT molecular complexity index is 1280. The van der Waals surface area contributed by atoms with Crippen LogP contribution in [-0.2, 0) is 18.8 Å². The molecule has 42 heavy (non-hydrogen) atoms. The normalized spacial score (nSPS) is 16.7. The molecule has 2 heterocycles. The Hall–Kier alpha value is -2.74. The van der Waals surface area contributed by atoms with E-state index in [4.69, 9.17) is 24.3 Å². The Labute approximate surface area is 252 Å². The number of hydrazine groups is 1. The lowest BCUT2D eigenvalue weighted by Crippen LogP contribution is -2.35. The first kappa shape index (κ1) is 32.2. The number of esters is 1. The molecule has 4 rings (SSSR count). The fourth-order valence-electron chi connectivity index (χ4n) is 4.68. The highest BCUT2D eigenvalue weighted by atomic mass is 32.2. The number of ether oxygens (including phenoxy) is 2. The Kier molecular flexibility index (Phi) is 12.0. The summed E-state index contributed by atoms with van der Waals surface area (Å²) in [5, 5.41) is 4.94. The maximum absolute atomic E-state index is 12.7. The Morgan fingerprint density at radius 1 is 1.24 bits per heavy atom. The Morgan fingerprint density at radius 3 is 2.67 bits per heavy atom. The molecule has 0 amide bonds. The van der Waals surface area contributed by atoms with Gasteiger partial charge in [-0.2, -0.15) is 14.8 Å². The number of aromatic nitrogens is 4. The molecule has 4 atom stereocenters. The minimum Gasteiger partial charge on any atom is -0.461 e. The number of fused-ring (bicyclic) bond motifs is 1. The summed E-state index contributed by atoms with van der Waals surface area (Å²) >= 11 is 1.43. The average Bonchev–Trinajstić information content (AvgIpc) is 3.65. The third kappa shape index (κ3) is 8.65. The summed E-state index contributed by atoms with van der Waals surface area (Å²) in [6.45, 7) is 4.04. The van der Waals surface area contributed by atoms with E-state index in [0.717, 1.165) is 25.7 Å². The minimum atomic E-state index is -1.68. The van der Waals surface area contributed by atoms with Gasteiger partial charge in [0.1, 0.15) is 17.9 Å². The molecule has 2 aromatic heterocycles. The van der Waals surface area contributed by atoms with Gasteiger partial charge >= 0.3 is 14.5 Å². The van der Waals surface area contributed by atoms with E-state index in [-0.39, 0.29) is 36.8 Å². The van der Waals surface area contributed by atoms with Crippen molar-refractivity contribution < 1.29 is 23.3 Å². The summed E-state index contributed by atoms with van der Waals surface area (Å²) in [5.41, 5.74) is 7.30. The maximum Gasteiger partial charge on any atom is 0.323 e. The highest BCUT2D eigenvalue weighted by Gasteiger charge is 2.28. The number of carbonyl (C=O) groups is 1. The van der Waals surface area contributed by atoms with Crippen molar-refractivity contribution in [3.05, 3.63) is 36.7 Å². The molecule has 0 spiro atoms. The number of imidazole rings is 1. The molecule has 230 valence electrons. The number of hydrogen-bond donors (Lipinski definition) is 3. The van der Waals surface area contributed by atoms with Crippen LogP contribution in [0.15, 0.2) is 36.7 Å². The lowest BCUT2D eigenvalue weighted by molar-refractivity contribution is -0.150. The summed E-state index contributed by atoms with van der Waals surface area (Å²) in [6, 6.07) is 8.70. The molecule has 13 nitrogen and oxygen atoms in total. The van der Waals surface area contributed by atoms with E-state index < -0.39 is 14.6 Å². The highest BCUT2D eigenvalue weighted by molar-refractivity contribution is 7.96. The molecule has 15 heteroatoms. The van der Waals surface area contributed by atoms with E-state index >= 15 is 0 Å². The monoisotopic (exact) mass is 620 g/mol. The number of nitrogens with one attached hydrogen (secondary N) is 2. The molecule has 1 fully saturated rings. The zero-order valence-electron chi connectivity index (χ0n) is 24.7. The number of nitrogens with two attached hydrogens (primary N) is 1. The van der Waals surface area contributed by atoms with Gasteiger partial charge in [0.05, 0.1) is 19.0 Å². The fourth-order valence-corrected chi connectivity index (χ4v) is 6.26. The van der Waals surface area contributed by atoms with Crippen LogP contribution in [0.5, 0.6) is 5.75 Å². The summed E-state index contributed by atoms with van der Waals surface area (Å²) in [7, 11) is 1.80. The van der Waals surface area contributed by atoms with Crippen LogP contribution in [-0.4, -0.2) is 70.8 Å². The SMILES string of the molecule is COC(COP(NC(C)C(=O)OC1CCCC1)Oc1ccccc1)CC(C)n1cnc2c(N(C)NSC)nc(N)nc21. The molecule has 0 bridgehead atoms. The molecule has 1 aliphatic carbocycles. The summed E-state index contributed by atoms with van der Waals surface area (Å²) in [4.78, 5) is 29.3. The van der Waals surface area contributed by atoms with Gasteiger partial charge in [0, 0.05) is 20.2 Å². The van der Waals surface area contributed by atoms with E-state index in [1.807, 2.05) is 48.2 Å². The van der Waals surface area contributed by atoms with Crippen molar-refractivity contribution in [1.29, 1.82) is 0 Å². The van der Waals surface area contributed by atoms with Gasteiger partial charge < -0.3 is 28.8 Å². The molecule has 0 radical (unpaired) electrons. The predicted molar refractivity (Wildman–Crippen MR) is 166 cm³/mol. The molecule has 4 N–H and O–H groups in total. The fraction of sp³-hybridized carbons (Fsp3) is 0.556. The van der Waals surface area contributed by atoms with Crippen molar-refractivity contribution in [2.24, 2.45) is 0 Å². The summed E-state index contributed by atoms with van der Waals surface area (Å²) < 4.78 is 25.7. The van der Waals surface area contributed by atoms with Gasteiger partial charge in [-0.1, -0.05) is 30.1 Å². The number of methoxy groups -OCH3 is 1. The van der Waals surface area contributed by atoms with Crippen molar-refractivity contribution in [3.8, 4) is 5.75 Å². The third-order valence-electron chi connectivity index (χ3n) is 6.93. The molecular weight excluding hydrogens is 579 g/mol. The van der Waals surface area contributed by atoms with E-state index in [0.29, 0.717) is 29.2 Å². The van der Waals surface area contributed by atoms with Crippen LogP contribution in [0.2, 0.25) is 0 Å². The molecular formula is C27H41N8O5PS. The van der Waals surface area contributed by atoms with E-state index in [2.05, 4.69) is 31.8 Å². The zero-order valence-corrected chi connectivity index (χ0v) is 26.4. The van der Waals surface area contributed by atoms with E-state index in [1.54, 1.807) is 25.4 Å². The smallest absolute Gasteiger partial charge is 0.323 e. The zero-order chi connectivity index (χ0) is 30.1. The standard InChI is InChI=1S/C27H41N8O5PS/c1-18(35-17-29-23-24(34(3)33-42-5)30-27(28)31-25(23)35)15-22(37-4)16-38-41(40-21-13-7-6-8-14-21)32-19(2)26(36)39-20-11-9-10-12-20/h6-8,13-14,17-20,22,32-33H,9-12,15-16H2,1-5H3,(H2,28,30,31). The number of rotatable bonds is 16. The van der Waals surface area contributed by atoms with Crippen molar-refractivity contribution >= 4 is 49.4 Å². The number of hydrogen-bond acceptors (Lipinski definition) is 13. The van der Waals surface area contributed by atoms with Crippen LogP contribution in [0, 0.1) is 0 Å². The van der Waals surface area contributed by atoms with E-state index in [9.17, 15) is 4.79 Å². The third-order valence-corrected chi connectivity index (χ3v) is 8.74. The largest absolute Gasteiger partial charge is 0.461 e. The lowest BCUT2D eigenvalue weighted by atomic mass is 10.1. The molecule has 3 aromatic rings. The quantitative estimate of drug-likeness (QED) is 0.0900. The number of carbonyl (C=O) groups excluding carboxylic acids is 1. The van der Waals surface area contributed by atoms with Gasteiger partial charge in [0.25, 0.3) is 0 Å². The topological polar surface area (TPSA) is 151 Å². The van der Waals surface area contributed by atoms with Crippen LogP contribution in [0.3, 0.4) is 0 Å². The molecule has 0 aliphatic heterocycles. The second-order valence-electron chi connectivity index (χ2n) is 10.2. The minimum absolute atomic E-state index is 0.0125. The maximum atomic E-state index is 12.7. The van der Waals surface area contributed by atoms with Crippen LogP contribution < -0.4 is 25.2 Å². The van der Waals surface area contributed by atoms with Crippen molar-refractivity contribution in [3.63, 3.8) is 0 Å². The number of para-hydroxylation sites is 1. The number of benzene rings is 1. The van der Waals surface area contributed by atoms with E-state index in [1.165, 1.54) is 11.9 Å². The molecule has 1 aliphatic rings. The van der Waals surface area contributed by atoms with Gasteiger partial charge in [-0.3, -0.25) is 9.80 Å². The first-order chi connectivity index (χ1) is 20.3. The predicted octanol–water partition coefficient (Wildman–Crippen LogP) is 4.38. The molecule has 1 saturated carbocycles. The first-order valence-corrected chi connectivity index (χ1v) is 16.4. The van der Waals surface area contributed by atoms with Crippen molar-refractivity contribution in [1.82, 2.24) is 29.4 Å². The van der Waals surface area contributed by atoms with Gasteiger partial charge in [0.15, 0.2) is 17.0 Å². The molecule has 1 aromatic carbocycles. The van der Waals surface area contributed by atoms with Gasteiger partial charge in [-0.25, -0.2) is 10.1 Å². The molecule has 0 saturated heterocycles. The van der Waals surface area contributed by atoms with Crippen LogP contribution in [0.4, 0.5) is 11.8 Å². The average molecular weight is 621 g/mol. The van der Waals surface area contributed by atoms with Gasteiger partial charge in [-0.15, -0.1) is 0 Å². The van der Waals surface area contributed by atoms with Crippen LogP contribution >= 0.6 is 20.5 Å². The van der Waals surface area contributed by atoms with Crippen molar-refractivity contribution in [2.75, 3.05) is 37.8 Å². The Morgan fingerprint density at radius 2 is 1.98 bits per heavy atom. The molecule has 4 unspecified atom stereocenters. The Balaban J connectivity index is 1.42. The van der Waals surface area contributed by atoms with Crippen LogP contribution in [0.1, 0.15) is 52.0 Å². The summed E-state index contributed by atoms with van der Waals surface area (Å²) in [5.74, 6) is 1.06. The second-order valence-corrected chi connectivity index (χ2v) is 12.0. The number of nitrogen functional groups attached to an aromatic ring is 1. The lowest BCUT2D eigenvalue weighted by Gasteiger charge is -2.26.